The Hall–Kier alpha value is -3.34. The third-order valence-electron chi connectivity index (χ3n) is 5.27. The van der Waals surface area contributed by atoms with E-state index >= 15 is 0 Å². The van der Waals surface area contributed by atoms with Crippen LogP contribution < -0.4 is 10.1 Å². The molecule has 29 heavy (non-hydrogen) atoms. The summed E-state index contributed by atoms with van der Waals surface area (Å²) in [6.45, 7) is 3.68. The van der Waals surface area contributed by atoms with Crippen LogP contribution in [0.4, 0.5) is 0 Å². The van der Waals surface area contributed by atoms with Gasteiger partial charge in [0.2, 0.25) is 11.7 Å². The third kappa shape index (κ3) is 3.94. The molecule has 5 nitrogen and oxygen atoms in total. The molecule has 2 aromatic carbocycles. The molecule has 0 unspecified atom stereocenters. The van der Waals surface area contributed by atoms with Gasteiger partial charge in [-0.05, 0) is 43.2 Å². The Morgan fingerprint density at radius 3 is 2.69 bits per heavy atom. The van der Waals surface area contributed by atoms with Gasteiger partial charge in [0.05, 0.1) is 18.2 Å². The number of nitrogens with zero attached hydrogens (tertiary/aromatic N) is 1. The second-order valence-electron chi connectivity index (χ2n) is 7.13. The van der Waals surface area contributed by atoms with Crippen LogP contribution in [0.5, 0.6) is 5.75 Å². The number of rotatable bonds is 7. The van der Waals surface area contributed by atoms with E-state index in [1.807, 2.05) is 78.2 Å². The molecule has 0 spiro atoms. The summed E-state index contributed by atoms with van der Waals surface area (Å²) in [6.07, 6.45) is 0.704. The summed E-state index contributed by atoms with van der Waals surface area (Å²) < 4.78 is 7.49. The molecule has 1 atom stereocenters. The SMILES string of the molecule is CCOc1cccc(CNC(=O)[C@@H]2CCn3c(C(=O)c4ccccc4)ccc32)c1. The Balaban J connectivity index is 1.44. The predicted octanol–water partition coefficient (Wildman–Crippen LogP) is 3.92. The van der Waals surface area contributed by atoms with Gasteiger partial charge in [-0.3, -0.25) is 9.59 Å². The summed E-state index contributed by atoms with van der Waals surface area (Å²) in [5, 5.41) is 3.03. The highest BCUT2D eigenvalue weighted by molar-refractivity contribution is 6.08. The molecule has 0 aliphatic carbocycles. The summed E-state index contributed by atoms with van der Waals surface area (Å²) in [4.78, 5) is 25.6. The third-order valence-corrected chi connectivity index (χ3v) is 5.27. The lowest BCUT2D eigenvalue weighted by molar-refractivity contribution is -0.122. The number of carbonyl (C=O) groups excluding carboxylic acids is 2. The molecule has 0 radical (unpaired) electrons. The van der Waals surface area contributed by atoms with E-state index in [-0.39, 0.29) is 17.6 Å². The van der Waals surface area contributed by atoms with E-state index in [0.717, 1.165) is 17.0 Å². The molecule has 1 aliphatic rings. The fraction of sp³-hybridized carbons (Fsp3) is 0.250. The van der Waals surface area contributed by atoms with Crippen molar-refractivity contribution in [1.82, 2.24) is 9.88 Å². The van der Waals surface area contributed by atoms with Crippen molar-refractivity contribution in [3.63, 3.8) is 0 Å². The largest absolute Gasteiger partial charge is 0.494 e. The highest BCUT2D eigenvalue weighted by atomic mass is 16.5. The summed E-state index contributed by atoms with van der Waals surface area (Å²) in [7, 11) is 0. The van der Waals surface area contributed by atoms with Gasteiger partial charge in [-0.2, -0.15) is 0 Å². The fourth-order valence-corrected chi connectivity index (χ4v) is 3.87. The van der Waals surface area contributed by atoms with Crippen LogP contribution in [0, 0.1) is 0 Å². The van der Waals surface area contributed by atoms with Crippen LogP contribution in [-0.4, -0.2) is 22.9 Å². The van der Waals surface area contributed by atoms with Crippen molar-refractivity contribution in [3.8, 4) is 5.75 Å². The first-order valence-electron chi connectivity index (χ1n) is 9.96. The van der Waals surface area contributed by atoms with E-state index in [4.69, 9.17) is 4.74 Å². The Morgan fingerprint density at radius 2 is 1.90 bits per heavy atom. The molecule has 0 fully saturated rings. The number of ether oxygens (including phenoxy) is 1. The van der Waals surface area contributed by atoms with Gasteiger partial charge in [0.25, 0.3) is 0 Å². The van der Waals surface area contributed by atoms with Gasteiger partial charge in [-0.25, -0.2) is 0 Å². The van der Waals surface area contributed by atoms with E-state index in [0.29, 0.717) is 37.4 Å². The Bertz CT molecular complexity index is 1020. The Morgan fingerprint density at radius 1 is 1.07 bits per heavy atom. The van der Waals surface area contributed by atoms with Gasteiger partial charge in [-0.15, -0.1) is 0 Å². The maximum Gasteiger partial charge on any atom is 0.229 e. The lowest BCUT2D eigenvalue weighted by Crippen LogP contribution is -2.27. The summed E-state index contributed by atoms with van der Waals surface area (Å²) in [5.41, 5.74) is 3.21. The minimum Gasteiger partial charge on any atom is -0.494 e. The van der Waals surface area contributed by atoms with E-state index in [1.165, 1.54) is 0 Å². The zero-order valence-corrected chi connectivity index (χ0v) is 16.4. The number of hydrogen-bond acceptors (Lipinski definition) is 3. The van der Waals surface area contributed by atoms with Crippen molar-refractivity contribution < 1.29 is 14.3 Å². The van der Waals surface area contributed by atoms with Crippen LogP contribution in [0.3, 0.4) is 0 Å². The molecule has 3 aromatic rings. The predicted molar refractivity (Wildman–Crippen MR) is 111 cm³/mol. The number of hydrogen-bond donors (Lipinski definition) is 1. The average molecular weight is 388 g/mol. The first-order chi connectivity index (χ1) is 14.2. The zero-order chi connectivity index (χ0) is 20.2. The number of benzene rings is 2. The Labute approximate surface area is 170 Å². The van der Waals surface area contributed by atoms with Crippen LogP contribution in [-0.2, 0) is 17.9 Å². The number of nitrogens with one attached hydrogen (secondary N) is 1. The fourth-order valence-electron chi connectivity index (χ4n) is 3.87. The smallest absolute Gasteiger partial charge is 0.229 e. The van der Waals surface area contributed by atoms with Crippen molar-refractivity contribution in [1.29, 1.82) is 0 Å². The second-order valence-corrected chi connectivity index (χ2v) is 7.13. The van der Waals surface area contributed by atoms with Crippen molar-refractivity contribution >= 4 is 11.7 Å². The molecule has 0 saturated carbocycles. The molecule has 148 valence electrons. The normalized spacial score (nSPS) is 15.0. The minimum absolute atomic E-state index is 0.00866. The van der Waals surface area contributed by atoms with Gasteiger partial charge >= 0.3 is 0 Å². The van der Waals surface area contributed by atoms with Gasteiger partial charge < -0.3 is 14.6 Å². The summed E-state index contributed by atoms with van der Waals surface area (Å²) in [6, 6.07) is 20.7. The maximum absolute atomic E-state index is 12.8. The van der Waals surface area contributed by atoms with Gasteiger partial charge in [0, 0.05) is 24.3 Å². The lowest BCUT2D eigenvalue weighted by atomic mass is 10.0. The highest BCUT2D eigenvalue weighted by Gasteiger charge is 2.31. The topological polar surface area (TPSA) is 60.3 Å². The lowest BCUT2D eigenvalue weighted by Gasteiger charge is -2.12. The number of ketones is 1. The van der Waals surface area contributed by atoms with Gasteiger partial charge in [0.1, 0.15) is 5.75 Å². The van der Waals surface area contributed by atoms with Gasteiger partial charge in [0.15, 0.2) is 0 Å². The molecule has 4 rings (SSSR count). The first-order valence-corrected chi connectivity index (χ1v) is 9.96. The highest BCUT2D eigenvalue weighted by Crippen LogP contribution is 2.31. The van der Waals surface area contributed by atoms with Crippen molar-refractivity contribution in [2.75, 3.05) is 6.61 Å². The number of fused-ring (bicyclic) bond motifs is 1. The molecular weight excluding hydrogens is 364 g/mol. The van der Waals surface area contributed by atoms with E-state index in [9.17, 15) is 9.59 Å². The first kappa shape index (κ1) is 19.0. The van der Waals surface area contributed by atoms with Crippen LogP contribution in [0.1, 0.15) is 46.6 Å². The molecule has 2 heterocycles. The van der Waals surface area contributed by atoms with Crippen LogP contribution in [0.25, 0.3) is 0 Å². The molecule has 5 heteroatoms. The zero-order valence-electron chi connectivity index (χ0n) is 16.4. The molecule has 1 aromatic heterocycles. The van der Waals surface area contributed by atoms with E-state index in [2.05, 4.69) is 5.32 Å². The van der Waals surface area contributed by atoms with Crippen molar-refractivity contribution in [2.24, 2.45) is 0 Å². The van der Waals surface area contributed by atoms with E-state index in [1.54, 1.807) is 0 Å². The molecule has 0 bridgehead atoms. The second kappa shape index (κ2) is 8.35. The monoisotopic (exact) mass is 388 g/mol. The number of carbonyl (C=O) groups is 2. The molecular formula is C24H24N2O3. The van der Waals surface area contributed by atoms with Gasteiger partial charge in [-0.1, -0.05) is 42.5 Å². The minimum atomic E-state index is -0.234. The van der Waals surface area contributed by atoms with Crippen molar-refractivity contribution in [3.05, 3.63) is 89.2 Å². The Kier molecular flexibility index (Phi) is 5.47. The molecule has 0 saturated heterocycles. The maximum atomic E-state index is 12.8. The van der Waals surface area contributed by atoms with E-state index < -0.39 is 0 Å². The standard InChI is InChI=1S/C24H24N2O3/c1-2-29-19-10-6-7-17(15-19)16-25-24(28)20-13-14-26-21(20)11-12-22(26)23(27)18-8-4-3-5-9-18/h3-12,15,20H,2,13-14,16H2,1H3,(H,25,28)/t20-/m1/s1. The summed E-state index contributed by atoms with van der Waals surface area (Å²) >= 11 is 0. The molecule has 1 amide bonds. The number of aromatic nitrogens is 1. The average Bonchev–Trinajstić information content (AvgIpc) is 3.35. The molecule has 1 aliphatic heterocycles. The summed E-state index contributed by atoms with van der Waals surface area (Å²) in [5.74, 6) is 0.550. The van der Waals surface area contributed by atoms with Crippen molar-refractivity contribution in [2.45, 2.75) is 32.4 Å². The van der Waals surface area contributed by atoms with Crippen LogP contribution in [0.15, 0.2) is 66.7 Å². The van der Waals surface area contributed by atoms with Crippen LogP contribution >= 0.6 is 0 Å². The van der Waals surface area contributed by atoms with Crippen LogP contribution in [0.2, 0.25) is 0 Å². The number of amides is 1. The quantitative estimate of drug-likeness (QED) is 0.624. The molecule has 1 N–H and O–H groups in total.